The molecule has 0 spiro atoms. The van der Waals surface area contributed by atoms with Crippen molar-refractivity contribution in [2.24, 2.45) is 5.92 Å². The fraction of sp³-hybridized carbons (Fsp3) is 0.455. The van der Waals surface area contributed by atoms with Gasteiger partial charge in [0.1, 0.15) is 5.82 Å². The lowest BCUT2D eigenvalue weighted by molar-refractivity contribution is 0.138. The van der Waals surface area contributed by atoms with E-state index < -0.39 is 11.9 Å². The SMILES string of the molecule is CC(C)C(O)CNc1cc(F)c(Cl)cc1N. The Morgan fingerprint density at radius 3 is 2.69 bits per heavy atom. The van der Waals surface area contributed by atoms with Crippen molar-refractivity contribution in [3.8, 4) is 0 Å². The molecule has 4 N–H and O–H groups in total. The second-order valence-corrected chi connectivity index (χ2v) is 4.45. The Morgan fingerprint density at radius 2 is 2.12 bits per heavy atom. The standard InChI is InChI=1S/C11H16ClFN2O/c1-6(2)11(16)5-15-10-4-8(13)7(12)3-9(10)14/h3-4,6,11,15-16H,5,14H2,1-2H3. The number of nitrogen functional groups attached to an aromatic ring is 1. The number of anilines is 2. The summed E-state index contributed by atoms with van der Waals surface area (Å²) in [5, 5.41) is 12.5. The Balaban J connectivity index is 2.71. The largest absolute Gasteiger partial charge is 0.397 e. The molecule has 5 heteroatoms. The molecular weight excluding hydrogens is 231 g/mol. The Labute approximate surface area is 99.4 Å². The van der Waals surface area contributed by atoms with Gasteiger partial charge in [-0.3, -0.25) is 0 Å². The van der Waals surface area contributed by atoms with Gasteiger partial charge in [0.25, 0.3) is 0 Å². The minimum absolute atomic E-state index is 0.00698. The lowest BCUT2D eigenvalue weighted by atomic mass is 10.1. The van der Waals surface area contributed by atoms with Gasteiger partial charge in [0, 0.05) is 12.6 Å². The highest BCUT2D eigenvalue weighted by atomic mass is 35.5. The van der Waals surface area contributed by atoms with Crippen molar-refractivity contribution >= 4 is 23.0 Å². The van der Waals surface area contributed by atoms with E-state index in [4.69, 9.17) is 17.3 Å². The zero-order valence-corrected chi connectivity index (χ0v) is 10.1. The minimum atomic E-state index is -0.530. The third-order valence-electron chi connectivity index (χ3n) is 2.36. The summed E-state index contributed by atoms with van der Waals surface area (Å²) >= 11 is 5.57. The highest BCUT2D eigenvalue weighted by molar-refractivity contribution is 6.31. The van der Waals surface area contributed by atoms with Gasteiger partial charge < -0.3 is 16.2 Å². The molecule has 0 aliphatic rings. The first kappa shape index (κ1) is 13.1. The highest BCUT2D eigenvalue weighted by Crippen LogP contribution is 2.26. The van der Waals surface area contributed by atoms with Crippen LogP contribution in [0.25, 0.3) is 0 Å². The van der Waals surface area contributed by atoms with Gasteiger partial charge in [0.05, 0.1) is 22.5 Å². The number of halogens is 2. The van der Waals surface area contributed by atoms with Crippen LogP contribution in [0.1, 0.15) is 13.8 Å². The molecule has 1 rings (SSSR count). The van der Waals surface area contributed by atoms with Crippen molar-refractivity contribution in [1.29, 1.82) is 0 Å². The summed E-state index contributed by atoms with van der Waals surface area (Å²) in [5.41, 5.74) is 6.47. The van der Waals surface area contributed by atoms with E-state index in [-0.39, 0.29) is 10.9 Å². The number of aliphatic hydroxyl groups is 1. The van der Waals surface area contributed by atoms with Crippen molar-refractivity contribution < 1.29 is 9.50 Å². The third-order valence-corrected chi connectivity index (χ3v) is 2.65. The Morgan fingerprint density at radius 1 is 1.50 bits per heavy atom. The maximum atomic E-state index is 13.2. The van der Waals surface area contributed by atoms with Gasteiger partial charge in [0.2, 0.25) is 0 Å². The first-order valence-electron chi connectivity index (χ1n) is 5.08. The van der Waals surface area contributed by atoms with Crippen LogP contribution in [0.5, 0.6) is 0 Å². The van der Waals surface area contributed by atoms with E-state index in [1.807, 2.05) is 13.8 Å². The smallest absolute Gasteiger partial charge is 0.143 e. The van der Waals surface area contributed by atoms with Crippen molar-refractivity contribution in [1.82, 2.24) is 0 Å². The summed E-state index contributed by atoms with van der Waals surface area (Å²) in [6.45, 7) is 4.12. The van der Waals surface area contributed by atoms with E-state index in [1.54, 1.807) is 0 Å². The maximum Gasteiger partial charge on any atom is 0.143 e. The summed E-state index contributed by atoms with van der Waals surface area (Å²) in [7, 11) is 0. The minimum Gasteiger partial charge on any atom is -0.397 e. The molecular formula is C11H16ClFN2O. The van der Waals surface area contributed by atoms with E-state index >= 15 is 0 Å². The second kappa shape index (κ2) is 5.37. The van der Waals surface area contributed by atoms with Gasteiger partial charge in [-0.15, -0.1) is 0 Å². The Bertz CT molecular complexity index is 371. The van der Waals surface area contributed by atoms with Crippen molar-refractivity contribution in [2.75, 3.05) is 17.6 Å². The number of hydrogen-bond acceptors (Lipinski definition) is 3. The molecule has 0 fully saturated rings. The molecule has 1 unspecified atom stereocenters. The Hall–Kier alpha value is -1.00. The zero-order valence-electron chi connectivity index (χ0n) is 9.30. The fourth-order valence-electron chi connectivity index (χ4n) is 1.17. The van der Waals surface area contributed by atoms with E-state index in [2.05, 4.69) is 5.32 Å². The molecule has 0 aliphatic carbocycles. The number of nitrogens with two attached hydrogens (primary N) is 1. The number of aliphatic hydroxyl groups excluding tert-OH is 1. The van der Waals surface area contributed by atoms with Gasteiger partial charge in [-0.25, -0.2) is 4.39 Å². The predicted octanol–water partition coefficient (Wildman–Crippen LogP) is 2.49. The molecule has 1 atom stereocenters. The summed E-state index contributed by atoms with van der Waals surface area (Å²) in [4.78, 5) is 0. The van der Waals surface area contributed by atoms with Crippen LogP contribution in [0.4, 0.5) is 15.8 Å². The lowest BCUT2D eigenvalue weighted by Crippen LogP contribution is -2.25. The third kappa shape index (κ3) is 3.25. The Kier molecular flexibility index (Phi) is 4.38. The van der Waals surface area contributed by atoms with Gasteiger partial charge in [-0.1, -0.05) is 25.4 Å². The van der Waals surface area contributed by atoms with Crippen LogP contribution in [0.2, 0.25) is 5.02 Å². The normalized spacial score (nSPS) is 12.9. The topological polar surface area (TPSA) is 58.3 Å². The molecule has 0 amide bonds. The molecule has 0 aliphatic heterocycles. The molecule has 0 bridgehead atoms. The molecule has 1 aromatic rings. The second-order valence-electron chi connectivity index (χ2n) is 4.05. The summed E-state index contributed by atoms with van der Waals surface area (Å²) in [5.74, 6) is -0.400. The molecule has 1 aromatic carbocycles. The van der Waals surface area contributed by atoms with Crippen molar-refractivity contribution in [2.45, 2.75) is 20.0 Å². The highest BCUT2D eigenvalue weighted by Gasteiger charge is 2.11. The molecule has 16 heavy (non-hydrogen) atoms. The lowest BCUT2D eigenvalue weighted by Gasteiger charge is -2.17. The van der Waals surface area contributed by atoms with E-state index in [0.29, 0.717) is 17.9 Å². The van der Waals surface area contributed by atoms with Crippen molar-refractivity contribution in [3.05, 3.63) is 23.0 Å². The number of nitrogens with one attached hydrogen (secondary N) is 1. The molecule has 90 valence electrons. The van der Waals surface area contributed by atoms with Crippen LogP contribution < -0.4 is 11.1 Å². The molecule has 0 saturated heterocycles. The van der Waals surface area contributed by atoms with E-state index in [9.17, 15) is 9.50 Å². The molecule has 0 saturated carbocycles. The quantitative estimate of drug-likeness (QED) is 0.716. The van der Waals surface area contributed by atoms with Gasteiger partial charge >= 0.3 is 0 Å². The van der Waals surface area contributed by atoms with E-state index in [0.717, 1.165) is 0 Å². The summed E-state index contributed by atoms with van der Waals surface area (Å²) in [6, 6.07) is 2.58. The number of rotatable bonds is 4. The maximum absolute atomic E-state index is 13.2. The van der Waals surface area contributed by atoms with E-state index in [1.165, 1.54) is 12.1 Å². The molecule has 3 nitrogen and oxygen atoms in total. The van der Waals surface area contributed by atoms with Crippen LogP contribution >= 0.6 is 11.6 Å². The molecule has 0 radical (unpaired) electrons. The predicted molar refractivity (Wildman–Crippen MR) is 65.2 cm³/mol. The first-order chi connectivity index (χ1) is 7.41. The number of hydrogen-bond donors (Lipinski definition) is 3. The zero-order chi connectivity index (χ0) is 12.3. The summed E-state index contributed by atoms with van der Waals surface area (Å²) in [6.07, 6.45) is -0.502. The van der Waals surface area contributed by atoms with Crippen LogP contribution in [-0.2, 0) is 0 Å². The average molecular weight is 247 g/mol. The van der Waals surface area contributed by atoms with Gasteiger partial charge in [-0.05, 0) is 12.0 Å². The van der Waals surface area contributed by atoms with Gasteiger partial charge in [0.15, 0.2) is 0 Å². The first-order valence-corrected chi connectivity index (χ1v) is 5.46. The van der Waals surface area contributed by atoms with Crippen molar-refractivity contribution in [3.63, 3.8) is 0 Å². The van der Waals surface area contributed by atoms with Crippen LogP contribution in [-0.4, -0.2) is 17.8 Å². The van der Waals surface area contributed by atoms with Crippen LogP contribution in [0.15, 0.2) is 12.1 Å². The monoisotopic (exact) mass is 246 g/mol. The average Bonchev–Trinajstić information content (AvgIpc) is 2.20. The van der Waals surface area contributed by atoms with Crippen LogP contribution in [0.3, 0.4) is 0 Å². The fourth-order valence-corrected chi connectivity index (χ4v) is 1.34. The molecule has 0 aromatic heterocycles. The van der Waals surface area contributed by atoms with Crippen LogP contribution in [0, 0.1) is 11.7 Å². The van der Waals surface area contributed by atoms with Gasteiger partial charge in [-0.2, -0.15) is 0 Å². The summed E-state index contributed by atoms with van der Waals surface area (Å²) < 4.78 is 13.2. The molecule has 0 heterocycles. The number of benzene rings is 1.